The molecular formula is C19H21N5O3. The van der Waals surface area contributed by atoms with Crippen LogP contribution in [0.2, 0.25) is 0 Å². The lowest BCUT2D eigenvalue weighted by atomic mass is 10.1. The molecule has 0 atom stereocenters. The van der Waals surface area contributed by atoms with Crippen LogP contribution in [0.4, 0.5) is 5.95 Å². The average molecular weight is 367 g/mol. The van der Waals surface area contributed by atoms with Crippen LogP contribution in [0.15, 0.2) is 30.5 Å². The largest absolute Gasteiger partial charge is 0.491 e. The lowest BCUT2D eigenvalue weighted by molar-refractivity contribution is 0.0733. The first-order valence-electron chi connectivity index (χ1n) is 8.87. The fraction of sp³-hybridized carbons (Fsp3) is 0.316. The van der Waals surface area contributed by atoms with Crippen molar-refractivity contribution >= 4 is 23.0 Å². The van der Waals surface area contributed by atoms with Gasteiger partial charge in [-0.05, 0) is 30.7 Å². The van der Waals surface area contributed by atoms with Crippen molar-refractivity contribution in [2.24, 2.45) is 0 Å². The second-order valence-corrected chi connectivity index (χ2v) is 6.46. The summed E-state index contributed by atoms with van der Waals surface area (Å²) in [5.74, 6) is 0.989. The van der Waals surface area contributed by atoms with Gasteiger partial charge >= 0.3 is 0 Å². The summed E-state index contributed by atoms with van der Waals surface area (Å²) in [6.45, 7) is 3.86. The van der Waals surface area contributed by atoms with Crippen LogP contribution in [0, 0.1) is 0 Å². The first-order chi connectivity index (χ1) is 13.1. The molecule has 8 heteroatoms. The fourth-order valence-corrected chi connectivity index (χ4v) is 3.36. The minimum atomic E-state index is -0.139. The Balaban J connectivity index is 1.64. The lowest BCUT2D eigenvalue weighted by Crippen LogP contribution is -2.32. The molecule has 3 aromatic rings. The number of fused-ring (bicyclic) bond motifs is 2. The number of nitrogen functional groups attached to an aromatic ring is 1. The molecule has 0 unspecified atom stereocenters. The molecule has 0 bridgehead atoms. The van der Waals surface area contributed by atoms with Gasteiger partial charge in [-0.3, -0.25) is 9.36 Å². The molecule has 0 saturated carbocycles. The molecule has 0 aliphatic carbocycles. The van der Waals surface area contributed by atoms with Crippen LogP contribution in [0.25, 0.3) is 11.2 Å². The van der Waals surface area contributed by atoms with E-state index in [1.54, 1.807) is 21.7 Å². The van der Waals surface area contributed by atoms with Gasteiger partial charge in [-0.25, -0.2) is 9.97 Å². The number of aliphatic hydroxyl groups excluding tert-OH is 1. The number of carbonyl (C=O) groups excluding carboxylic acids is 1. The zero-order valence-electron chi connectivity index (χ0n) is 15.1. The predicted molar refractivity (Wildman–Crippen MR) is 100 cm³/mol. The summed E-state index contributed by atoms with van der Waals surface area (Å²) in [7, 11) is 0. The quantitative estimate of drug-likeness (QED) is 0.728. The number of aromatic nitrogens is 3. The summed E-state index contributed by atoms with van der Waals surface area (Å²) < 4.78 is 7.55. The summed E-state index contributed by atoms with van der Waals surface area (Å²) in [5, 5.41) is 9.36. The number of aliphatic hydroxyl groups is 1. The average Bonchev–Trinajstić information content (AvgIpc) is 2.86. The van der Waals surface area contributed by atoms with Crippen molar-refractivity contribution in [3.8, 4) is 5.75 Å². The Labute approximate surface area is 156 Å². The van der Waals surface area contributed by atoms with Gasteiger partial charge in [0.05, 0.1) is 18.7 Å². The number of carbonyl (C=O) groups is 1. The summed E-state index contributed by atoms with van der Waals surface area (Å²) in [4.78, 5) is 23.5. The van der Waals surface area contributed by atoms with Crippen molar-refractivity contribution in [1.82, 2.24) is 19.4 Å². The van der Waals surface area contributed by atoms with Gasteiger partial charge in [0.2, 0.25) is 5.95 Å². The summed E-state index contributed by atoms with van der Waals surface area (Å²) in [5.41, 5.74) is 9.32. The number of imidazole rings is 1. The number of nitrogens with zero attached hydrogens (tertiary/aromatic N) is 4. The van der Waals surface area contributed by atoms with Gasteiger partial charge in [0.25, 0.3) is 5.91 Å². The number of rotatable bonds is 3. The molecular weight excluding hydrogens is 346 g/mol. The molecule has 1 aliphatic rings. The van der Waals surface area contributed by atoms with Crippen LogP contribution in [-0.2, 0) is 19.7 Å². The number of benzene rings is 1. The summed E-state index contributed by atoms with van der Waals surface area (Å²) in [6, 6.07) is 7.25. The van der Waals surface area contributed by atoms with E-state index < -0.39 is 0 Å². The van der Waals surface area contributed by atoms with Crippen LogP contribution < -0.4 is 10.5 Å². The molecule has 8 nitrogen and oxygen atoms in total. The molecule has 4 rings (SSSR count). The van der Waals surface area contributed by atoms with E-state index in [1.165, 1.54) is 0 Å². The Morgan fingerprint density at radius 1 is 1.37 bits per heavy atom. The van der Waals surface area contributed by atoms with Crippen LogP contribution in [0.3, 0.4) is 0 Å². The third-order valence-corrected chi connectivity index (χ3v) is 4.75. The van der Waals surface area contributed by atoms with Crippen molar-refractivity contribution in [2.45, 2.75) is 26.6 Å². The highest BCUT2D eigenvalue weighted by Gasteiger charge is 2.22. The van der Waals surface area contributed by atoms with Crippen molar-refractivity contribution < 1.29 is 14.6 Å². The third kappa shape index (κ3) is 3.08. The zero-order chi connectivity index (χ0) is 19.0. The first kappa shape index (κ1) is 17.3. The van der Waals surface area contributed by atoms with E-state index >= 15 is 0 Å². The molecule has 3 N–H and O–H groups in total. The molecule has 140 valence electrons. The zero-order valence-corrected chi connectivity index (χ0v) is 15.1. The highest BCUT2D eigenvalue weighted by Crippen LogP contribution is 2.26. The summed E-state index contributed by atoms with van der Waals surface area (Å²) >= 11 is 0. The fourth-order valence-electron chi connectivity index (χ4n) is 3.36. The van der Waals surface area contributed by atoms with Gasteiger partial charge in [-0.1, -0.05) is 6.07 Å². The van der Waals surface area contributed by atoms with Gasteiger partial charge < -0.3 is 20.5 Å². The molecule has 1 amide bonds. The highest BCUT2D eigenvalue weighted by atomic mass is 16.5. The minimum Gasteiger partial charge on any atom is -0.491 e. The van der Waals surface area contributed by atoms with Crippen molar-refractivity contribution in [3.63, 3.8) is 0 Å². The van der Waals surface area contributed by atoms with E-state index in [4.69, 9.17) is 10.5 Å². The molecule has 1 aromatic carbocycles. The van der Waals surface area contributed by atoms with Gasteiger partial charge in [-0.15, -0.1) is 0 Å². The smallest absolute Gasteiger partial charge is 0.255 e. The third-order valence-electron chi connectivity index (χ3n) is 4.75. The van der Waals surface area contributed by atoms with Gasteiger partial charge in [0.15, 0.2) is 5.65 Å². The number of pyridine rings is 1. The maximum atomic E-state index is 13.0. The van der Waals surface area contributed by atoms with Crippen LogP contribution in [0.5, 0.6) is 5.75 Å². The molecule has 2 aromatic heterocycles. The Hall–Kier alpha value is -3.13. The van der Waals surface area contributed by atoms with Crippen LogP contribution >= 0.6 is 0 Å². The topological polar surface area (TPSA) is 107 Å². The molecule has 0 radical (unpaired) electrons. The SMILES string of the molecule is CCn1c(N)nc2cc(C(=O)N3CCOc4ccc(CO)cc4C3)cnc21. The Bertz CT molecular complexity index is 1010. The second kappa shape index (κ2) is 6.88. The van der Waals surface area contributed by atoms with Crippen LogP contribution in [0.1, 0.15) is 28.4 Å². The maximum Gasteiger partial charge on any atom is 0.255 e. The normalized spacial score (nSPS) is 13.9. The monoisotopic (exact) mass is 367 g/mol. The van der Waals surface area contributed by atoms with Crippen molar-refractivity contribution in [3.05, 3.63) is 47.2 Å². The number of nitrogens with two attached hydrogens (primary N) is 1. The van der Waals surface area contributed by atoms with E-state index in [0.29, 0.717) is 48.9 Å². The highest BCUT2D eigenvalue weighted by molar-refractivity contribution is 5.96. The van der Waals surface area contributed by atoms with Gasteiger partial charge in [-0.2, -0.15) is 0 Å². The van der Waals surface area contributed by atoms with Crippen LogP contribution in [-0.4, -0.2) is 43.6 Å². The van der Waals surface area contributed by atoms with Crippen molar-refractivity contribution in [2.75, 3.05) is 18.9 Å². The van der Waals surface area contributed by atoms with Gasteiger partial charge in [0, 0.05) is 24.8 Å². The Kier molecular flexibility index (Phi) is 4.41. The molecule has 3 heterocycles. The number of amides is 1. The van der Waals surface area contributed by atoms with E-state index in [2.05, 4.69) is 9.97 Å². The number of aryl methyl sites for hydroxylation is 1. The predicted octanol–water partition coefficient (Wildman–Crippen LogP) is 1.56. The molecule has 1 aliphatic heterocycles. The first-order valence-corrected chi connectivity index (χ1v) is 8.87. The number of anilines is 1. The second-order valence-electron chi connectivity index (χ2n) is 6.46. The van der Waals surface area contributed by atoms with Gasteiger partial charge in [0.1, 0.15) is 17.9 Å². The molecule has 0 spiro atoms. The Morgan fingerprint density at radius 3 is 3.00 bits per heavy atom. The Morgan fingerprint density at radius 2 is 2.22 bits per heavy atom. The number of hydrogen-bond acceptors (Lipinski definition) is 6. The van der Waals surface area contributed by atoms with E-state index in [9.17, 15) is 9.90 Å². The molecule has 0 saturated heterocycles. The molecule has 27 heavy (non-hydrogen) atoms. The summed E-state index contributed by atoms with van der Waals surface area (Å²) in [6.07, 6.45) is 1.56. The number of ether oxygens (including phenoxy) is 1. The minimum absolute atomic E-state index is 0.0523. The molecule has 0 fully saturated rings. The standard InChI is InChI=1S/C19H21N5O3/c1-2-24-17-15(22-19(24)20)8-13(9-21-17)18(26)23-5-6-27-16-4-3-12(11-25)7-14(16)10-23/h3-4,7-9,25H,2,5-6,10-11H2,1H3,(H2,20,22). The van der Waals surface area contributed by atoms with E-state index in [0.717, 1.165) is 16.9 Å². The van der Waals surface area contributed by atoms with Crippen molar-refractivity contribution in [1.29, 1.82) is 0 Å². The lowest BCUT2D eigenvalue weighted by Gasteiger charge is -2.20. The van der Waals surface area contributed by atoms with E-state index in [-0.39, 0.29) is 12.5 Å². The van der Waals surface area contributed by atoms with E-state index in [1.807, 2.05) is 25.1 Å². The maximum absolute atomic E-state index is 13.0. The number of hydrogen-bond donors (Lipinski definition) is 2.